The molecule has 1 unspecified atom stereocenters. The summed E-state index contributed by atoms with van der Waals surface area (Å²) in [5.74, 6) is -1.58. The standard InChI is InChI=1S/C16H19FN2O2/c1-2-3-4-5-6-13-15(20)18-14(19-16(13)21)11-7-9-12(17)10-8-11/h7-10,13H,2-6H2,1H3,(H,18,19,20,21). The Hall–Kier alpha value is -2.04. The van der Waals surface area contributed by atoms with Gasteiger partial charge in [0.1, 0.15) is 17.6 Å². The van der Waals surface area contributed by atoms with Crippen LogP contribution in [0.5, 0.6) is 0 Å². The van der Waals surface area contributed by atoms with E-state index in [9.17, 15) is 14.0 Å². The molecule has 1 N–H and O–H groups in total. The van der Waals surface area contributed by atoms with Crippen LogP contribution < -0.4 is 5.32 Å². The Kier molecular flexibility index (Phi) is 5.20. The lowest BCUT2D eigenvalue weighted by atomic mass is 9.97. The summed E-state index contributed by atoms with van der Waals surface area (Å²) in [6.45, 7) is 2.11. The number of nitrogens with zero attached hydrogens (tertiary/aromatic N) is 1. The molecule has 1 aromatic rings. The van der Waals surface area contributed by atoms with Crippen LogP contribution in [0, 0.1) is 11.7 Å². The topological polar surface area (TPSA) is 58.5 Å². The summed E-state index contributed by atoms with van der Waals surface area (Å²) >= 11 is 0. The van der Waals surface area contributed by atoms with E-state index in [1.807, 2.05) is 0 Å². The van der Waals surface area contributed by atoms with Crippen molar-refractivity contribution in [2.75, 3.05) is 0 Å². The Balaban J connectivity index is 2.04. The van der Waals surface area contributed by atoms with Crippen molar-refractivity contribution in [3.05, 3.63) is 35.6 Å². The van der Waals surface area contributed by atoms with Gasteiger partial charge < -0.3 is 5.32 Å². The van der Waals surface area contributed by atoms with Gasteiger partial charge in [0.15, 0.2) is 0 Å². The molecule has 112 valence electrons. The van der Waals surface area contributed by atoms with Crippen LogP contribution in [0.1, 0.15) is 44.6 Å². The third-order valence-electron chi connectivity index (χ3n) is 3.54. The van der Waals surface area contributed by atoms with Crippen molar-refractivity contribution in [3.8, 4) is 0 Å². The molecule has 0 spiro atoms. The van der Waals surface area contributed by atoms with Gasteiger partial charge in [-0.2, -0.15) is 4.99 Å². The van der Waals surface area contributed by atoms with Gasteiger partial charge in [0.25, 0.3) is 5.91 Å². The number of halogens is 1. The van der Waals surface area contributed by atoms with E-state index in [1.54, 1.807) is 0 Å². The monoisotopic (exact) mass is 290 g/mol. The number of rotatable bonds is 6. The summed E-state index contributed by atoms with van der Waals surface area (Å²) in [5, 5.41) is 2.64. The summed E-state index contributed by atoms with van der Waals surface area (Å²) in [7, 11) is 0. The van der Waals surface area contributed by atoms with Crippen LogP contribution in [0.25, 0.3) is 0 Å². The summed E-state index contributed by atoms with van der Waals surface area (Å²) in [6, 6.07) is 5.52. The highest BCUT2D eigenvalue weighted by Crippen LogP contribution is 2.17. The minimum atomic E-state index is -0.689. The maximum absolute atomic E-state index is 12.9. The highest BCUT2D eigenvalue weighted by Gasteiger charge is 2.31. The molecule has 2 amide bonds. The maximum atomic E-state index is 12.9. The first-order chi connectivity index (χ1) is 10.1. The summed E-state index contributed by atoms with van der Waals surface area (Å²) in [6.07, 6.45) is 4.61. The summed E-state index contributed by atoms with van der Waals surface area (Å²) < 4.78 is 12.9. The Morgan fingerprint density at radius 2 is 1.86 bits per heavy atom. The summed E-state index contributed by atoms with van der Waals surface area (Å²) in [4.78, 5) is 28.0. The van der Waals surface area contributed by atoms with Crippen LogP contribution in [0.2, 0.25) is 0 Å². The second-order valence-electron chi connectivity index (χ2n) is 5.20. The first-order valence-corrected chi connectivity index (χ1v) is 7.31. The van der Waals surface area contributed by atoms with Gasteiger partial charge in [0.05, 0.1) is 0 Å². The second kappa shape index (κ2) is 7.11. The van der Waals surface area contributed by atoms with Crippen LogP contribution in [0.3, 0.4) is 0 Å². The molecule has 0 fully saturated rings. The van der Waals surface area contributed by atoms with Gasteiger partial charge >= 0.3 is 0 Å². The molecule has 0 saturated heterocycles. The quantitative estimate of drug-likeness (QED) is 0.647. The average molecular weight is 290 g/mol. The van der Waals surface area contributed by atoms with E-state index in [4.69, 9.17) is 0 Å². The Morgan fingerprint density at radius 3 is 2.48 bits per heavy atom. The molecule has 1 heterocycles. The highest BCUT2D eigenvalue weighted by molar-refractivity contribution is 6.20. The minimum Gasteiger partial charge on any atom is -0.309 e. The van der Waals surface area contributed by atoms with Gasteiger partial charge in [-0.25, -0.2) is 4.39 Å². The van der Waals surface area contributed by atoms with Crippen molar-refractivity contribution in [2.24, 2.45) is 10.9 Å². The zero-order chi connectivity index (χ0) is 15.2. The third-order valence-corrected chi connectivity index (χ3v) is 3.54. The first-order valence-electron chi connectivity index (χ1n) is 7.31. The highest BCUT2D eigenvalue weighted by atomic mass is 19.1. The SMILES string of the molecule is CCCCCCC1C(=O)N=C(c2ccc(F)cc2)NC1=O. The summed E-state index contributed by atoms with van der Waals surface area (Å²) in [5.41, 5.74) is 0.530. The van der Waals surface area contributed by atoms with Gasteiger partial charge in [-0.05, 0) is 30.7 Å². The zero-order valence-electron chi connectivity index (χ0n) is 12.1. The number of hydrogen-bond acceptors (Lipinski definition) is 2. The van der Waals surface area contributed by atoms with Crippen molar-refractivity contribution in [2.45, 2.75) is 39.0 Å². The molecule has 1 aromatic carbocycles. The number of carbonyl (C=O) groups is 2. The number of nitrogens with one attached hydrogen (secondary N) is 1. The lowest BCUT2D eigenvalue weighted by Crippen LogP contribution is -2.44. The largest absolute Gasteiger partial charge is 0.309 e. The Labute approximate surface area is 123 Å². The lowest BCUT2D eigenvalue weighted by Gasteiger charge is -2.20. The second-order valence-corrected chi connectivity index (χ2v) is 5.20. The number of unbranched alkanes of at least 4 members (excludes halogenated alkanes) is 3. The molecule has 1 aliphatic heterocycles. The smallest absolute Gasteiger partial charge is 0.260 e. The number of aliphatic imine (C=N–C) groups is 1. The fraction of sp³-hybridized carbons (Fsp3) is 0.438. The van der Waals surface area contributed by atoms with Crippen molar-refractivity contribution < 1.29 is 14.0 Å². The molecular weight excluding hydrogens is 271 g/mol. The third kappa shape index (κ3) is 3.97. The van der Waals surface area contributed by atoms with E-state index in [-0.39, 0.29) is 17.6 Å². The lowest BCUT2D eigenvalue weighted by molar-refractivity contribution is -0.133. The van der Waals surface area contributed by atoms with Gasteiger partial charge in [0, 0.05) is 5.56 Å². The molecule has 1 aliphatic rings. The van der Waals surface area contributed by atoms with Crippen molar-refractivity contribution in [1.29, 1.82) is 0 Å². The molecule has 5 heteroatoms. The Morgan fingerprint density at radius 1 is 1.14 bits per heavy atom. The molecule has 0 aromatic heterocycles. The number of amidine groups is 1. The van der Waals surface area contributed by atoms with Gasteiger partial charge in [0.2, 0.25) is 5.91 Å². The average Bonchev–Trinajstić information content (AvgIpc) is 2.46. The van der Waals surface area contributed by atoms with Gasteiger partial charge in [-0.1, -0.05) is 32.6 Å². The van der Waals surface area contributed by atoms with E-state index < -0.39 is 11.8 Å². The normalized spacial score (nSPS) is 18.4. The minimum absolute atomic E-state index is 0.204. The maximum Gasteiger partial charge on any atom is 0.260 e. The van der Waals surface area contributed by atoms with Crippen molar-refractivity contribution >= 4 is 17.6 Å². The van der Waals surface area contributed by atoms with E-state index in [0.29, 0.717) is 12.0 Å². The fourth-order valence-corrected chi connectivity index (χ4v) is 2.31. The Bertz CT molecular complexity index is 552. The van der Waals surface area contributed by atoms with Crippen LogP contribution in [0.4, 0.5) is 4.39 Å². The predicted octanol–water partition coefficient (Wildman–Crippen LogP) is 2.82. The molecule has 0 radical (unpaired) electrons. The number of carbonyl (C=O) groups excluding carboxylic acids is 2. The molecule has 1 atom stereocenters. The van der Waals surface area contributed by atoms with Crippen LogP contribution in [-0.2, 0) is 9.59 Å². The van der Waals surface area contributed by atoms with E-state index in [2.05, 4.69) is 17.2 Å². The molecule has 21 heavy (non-hydrogen) atoms. The predicted molar refractivity (Wildman–Crippen MR) is 78.3 cm³/mol. The van der Waals surface area contributed by atoms with Gasteiger partial charge in [-0.15, -0.1) is 0 Å². The van der Waals surface area contributed by atoms with Crippen molar-refractivity contribution in [3.63, 3.8) is 0 Å². The van der Waals surface area contributed by atoms with E-state index >= 15 is 0 Å². The van der Waals surface area contributed by atoms with Crippen molar-refractivity contribution in [1.82, 2.24) is 5.32 Å². The zero-order valence-corrected chi connectivity index (χ0v) is 12.1. The number of hydrogen-bond donors (Lipinski definition) is 1. The fourth-order valence-electron chi connectivity index (χ4n) is 2.31. The first kappa shape index (κ1) is 15.4. The van der Waals surface area contributed by atoms with E-state index in [0.717, 1.165) is 25.7 Å². The molecule has 4 nitrogen and oxygen atoms in total. The van der Waals surface area contributed by atoms with Gasteiger partial charge in [-0.3, -0.25) is 9.59 Å². The van der Waals surface area contributed by atoms with Crippen LogP contribution in [0.15, 0.2) is 29.3 Å². The van der Waals surface area contributed by atoms with Crippen LogP contribution in [-0.4, -0.2) is 17.6 Å². The molecule has 0 saturated carbocycles. The molecule has 2 rings (SSSR count). The number of benzene rings is 1. The molecular formula is C16H19FN2O2. The van der Waals surface area contributed by atoms with E-state index in [1.165, 1.54) is 24.3 Å². The van der Waals surface area contributed by atoms with Crippen LogP contribution >= 0.6 is 0 Å². The number of amides is 2. The molecule has 0 aliphatic carbocycles. The molecule has 0 bridgehead atoms.